The van der Waals surface area contributed by atoms with E-state index in [9.17, 15) is 15.3 Å². The third kappa shape index (κ3) is 3.76. The standard InChI is InChI=1S/C21H18O3/c22-18-10-8-15(9-11-18)6-7-17-13-20(23)19(21(24)14-17)12-16-4-2-1-3-5-16/h1-11,13-14,22-24H,12H2/b7-6+. The van der Waals surface area contributed by atoms with Crippen LogP contribution in [-0.2, 0) is 6.42 Å². The normalized spacial score (nSPS) is 11.0. The molecule has 0 aromatic heterocycles. The van der Waals surface area contributed by atoms with Crippen molar-refractivity contribution < 1.29 is 15.3 Å². The molecule has 3 heteroatoms. The summed E-state index contributed by atoms with van der Waals surface area (Å²) in [6, 6.07) is 19.8. The molecule has 3 nitrogen and oxygen atoms in total. The minimum Gasteiger partial charge on any atom is -0.508 e. The van der Waals surface area contributed by atoms with E-state index in [1.54, 1.807) is 42.5 Å². The van der Waals surface area contributed by atoms with Crippen molar-refractivity contribution in [1.82, 2.24) is 0 Å². The van der Waals surface area contributed by atoms with Crippen molar-refractivity contribution in [3.8, 4) is 17.2 Å². The summed E-state index contributed by atoms with van der Waals surface area (Å²) in [5.74, 6) is 0.362. The van der Waals surface area contributed by atoms with Gasteiger partial charge in [0.15, 0.2) is 0 Å². The van der Waals surface area contributed by atoms with Crippen molar-refractivity contribution in [2.75, 3.05) is 0 Å². The molecule has 0 aliphatic rings. The Bertz CT molecular complexity index is 827. The molecule has 120 valence electrons. The van der Waals surface area contributed by atoms with Crippen LogP contribution in [0.4, 0.5) is 0 Å². The summed E-state index contributed by atoms with van der Waals surface area (Å²) in [4.78, 5) is 0. The van der Waals surface area contributed by atoms with E-state index < -0.39 is 0 Å². The molecular weight excluding hydrogens is 300 g/mol. The van der Waals surface area contributed by atoms with Gasteiger partial charge >= 0.3 is 0 Å². The van der Waals surface area contributed by atoms with Crippen molar-refractivity contribution in [3.63, 3.8) is 0 Å². The maximum absolute atomic E-state index is 10.2. The second kappa shape index (κ2) is 6.92. The zero-order chi connectivity index (χ0) is 16.9. The highest BCUT2D eigenvalue weighted by molar-refractivity contribution is 5.72. The van der Waals surface area contributed by atoms with Crippen LogP contribution in [0.15, 0.2) is 66.7 Å². The molecule has 0 aliphatic carbocycles. The first-order chi connectivity index (χ1) is 11.6. The molecule has 24 heavy (non-hydrogen) atoms. The summed E-state index contributed by atoms with van der Waals surface area (Å²) in [5.41, 5.74) is 3.16. The molecule has 0 saturated carbocycles. The highest BCUT2D eigenvalue weighted by Gasteiger charge is 2.09. The largest absolute Gasteiger partial charge is 0.508 e. The van der Waals surface area contributed by atoms with Crippen LogP contribution < -0.4 is 0 Å². The minimum absolute atomic E-state index is 0.0733. The third-order valence-electron chi connectivity index (χ3n) is 3.81. The summed E-state index contributed by atoms with van der Waals surface area (Å²) in [6.07, 6.45) is 4.13. The Balaban J connectivity index is 1.83. The molecule has 0 bridgehead atoms. The van der Waals surface area contributed by atoms with E-state index in [1.165, 1.54) is 0 Å². The third-order valence-corrected chi connectivity index (χ3v) is 3.81. The minimum atomic E-state index is 0.0733. The zero-order valence-electron chi connectivity index (χ0n) is 13.1. The first-order valence-corrected chi connectivity index (χ1v) is 7.68. The number of phenols is 3. The van der Waals surface area contributed by atoms with Crippen molar-refractivity contribution in [1.29, 1.82) is 0 Å². The van der Waals surface area contributed by atoms with Crippen molar-refractivity contribution >= 4 is 12.2 Å². The van der Waals surface area contributed by atoms with Gasteiger partial charge in [0, 0.05) is 12.0 Å². The fraction of sp³-hybridized carbons (Fsp3) is 0.0476. The number of benzene rings is 3. The maximum Gasteiger partial charge on any atom is 0.123 e. The Hall–Kier alpha value is -3.20. The lowest BCUT2D eigenvalue weighted by molar-refractivity contribution is 0.440. The lowest BCUT2D eigenvalue weighted by Gasteiger charge is -2.09. The van der Waals surface area contributed by atoms with E-state index in [0.29, 0.717) is 17.5 Å². The van der Waals surface area contributed by atoms with Gasteiger partial charge in [0.1, 0.15) is 17.2 Å². The van der Waals surface area contributed by atoms with E-state index in [0.717, 1.165) is 11.1 Å². The Labute approximate surface area is 140 Å². The predicted molar refractivity (Wildman–Crippen MR) is 96.1 cm³/mol. The molecule has 0 amide bonds. The average molecular weight is 318 g/mol. The van der Waals surface area contributed by atoms with Gasteiger partial charge in [0.05, 0.1) is 0 Å². The van der Waals surface area contributed by atoms with Crippen molar-refractivity contribution in [2.45, 2.75) is 6.42 Å². The van der Waals surface area contributed by atoms with E-state index in [4.69, 9.17) is 0 Å². The van der Waals surface area contributed by atoms with Gasteiger partial charge in [0.25, 0.3) is 0 Å². The lowest BCUT2D eigenvalue weighted by atomic mass is 10.0. The van der Waals surface area contributed by atoms with Crippen molar-refractivity contribution in [2.24, 2.45) is 0 Å². The molecule has 0 saturated heterocycles. The van der Waals surface area contributed by atoms with Gasteiger partial charge in [-0.05, 0) is 41.0 Å². The lowest BCUT2D eigenvalue weighted by Crippen LogP contribution is -1.90. The van der Waals surface area contributed by atoms with Crippen LogP contribution in [0.2, 0.25) is 0 Å². The molecule has 3 N–H and O–H groups in total. The molecule has 3 aromatic rings. The average Bonchev–Trinajstić information content (AvgIpc) is 2.58. The number of hydrogen-bond donors (Lipinski definition) is 3. The summed E-state index contributed by atoms with van der Waals surface area (Å²) in [7, 11) is 0. The van der Waals surface area contributed by atoms with Gasteiger partial charge in [-0.15, -0.1) is 0 Å². The van der Waals surface area contributed by atoms with E-state index in [2.05, 4.69) is 0 Å². The van der Waals surface area contributed by atoms with Gasteiger partial charge in [-0.1, -0.05) is 54.6 Å². The van der Waals surface area contributed by atoms with Crippen LogP contribution in [0.1, 0.15) is 22.3 Å². The number of hydrogen-bond acceptors (Lipinski definition) is 3. The summed E-state index contributed by atoms with van der Waals surface area (Å²) in [5, 5.41) is 29.8. The predicted octanol–water partition coefficient (Wildman–Crippen LogP) is 4.56. The fourth-order valence-corrected chi connectivity index (χ4v) is 2.52. The topological polar surface area (TPSA) is 60.7 Å². The Morgan fingerprint density at radius 1 is 0.667 bits per heavy atom. The smallest absolute Gasteiger partial charge is 0.123 e. The fourth-order valence-electron chi connectivity index (χ4n) is 2.52. The van der Waals surface area contributed by atoms with Crippen LogP contribution in [0.3, 0.4) is 0 Å². The zero-order valence-corrected chi connectivity index (χ0v) is 13.1. The van der Waals surface area contributed by atoms with E-state index in [1.807, 2.05) is 36.4 Å². The number of aromatic hydroxyl groups is 3. The van der Waals surface area contributed by atoms with Gasteiger partial charge in [-0.25, -0.2) is 0 Å². The quantitative estimate of drug-likeness (QED) is 0.618. The highest BCUT2D eigenvalue weighted by Crippen LogP contribution is 2.31. The highest BCUT2D eigenvalue weighted by atomic mass is 16.3. The first-order valence-electron chi connectivity index (χ1n) is 7.68. The molecule has 0 heterocycles. The molecular formula is C21H18O3. The van der Waals surface area contributed by atoms with Crippen LogP contribution in [0.25, 0.3) is 12.2 Å². The molecule has 0 spiro atoms. The summed E-state index contributed by atoms with van der Waals surface area (Å²) >= 11 is 0. The van der Waals surface area contributed by atoms with Crippen LogP contribution >= 0.6 is 0 Å². The monoisotopic (exact) mass is 318 g/mol. The number of phenolic OH excluding ortho intramolecular Hbond substituents is 3. The molecule has 3 aromatic carbocycles. The molecule has 0 radical (unpaired) electrons. The Morgan fingerprint density at radius 3 is 1.88 bits per heavy atom. The number of rotatable bonds is 4. The van der Waals surface area contributed by atoms with E-state index >= 15 is 0 Å². The van der Waals surface area contributed by atoms with Gasteiger partial charge in [-0.2, -0.15) is 0 Å². The molecule has 0 atom stereocenters. The first kappa shape index (κ1) is 15.7. The molecule has 0 fully saturated rings. The molecule has 3 rings (SSSR count). The summed E-state index contributed by atoms with van der Waals surface area (Å²) < 4.78 is 0. The second-order valence-electron chi connectivity index (χ2n) is 5.62. The second-order valence-corrected chi connectivity index (χ2v) is 5.62. The van der Waals surface area contributed by atoms with Crippen LogP contribution in [0, 0.1) is 0 Å². The molecule has 0 aliphatic heterocycles. The SMILES string of the molecule is Oc1ccc(/C=C/c2cc(O)c(Cc3ccccc3)c(O)c2)cc1. The summed E-state index contributed by atoms with van der Waals surface area (Å²) in [6.45, 7) is 0. The van der Waals surface area contributed by atoms with Gasteiger partial charge in [0.2, 0.25) is 0 Å². The Morgan fingerprint density at radius 2 is 1.25 bits per heavy atom. The van der Waals surface area contributed by atoms with Crippen molar-refractivity contribution in [3.05, 3.63) is 89.0 Å². The maximum atomic E-state index is 10.2. The Kier molecular flexibility index (Phi) is 4.52. The molecule has 0 unspecified atom stereocenters. The van der Waals surface area contributed by atoms with Gasteiger partial charge < -0.3 is 15.3 Å². The van der Waals surface area contributed by atoms with Gasteiger partial charge in [-0.3, -0.25) is 0 Å². The van der Waals surface area contributed by atoms with Crippen LogP contribution in [-0.4, -0.2) is 15.3 Å². The van der Waals surface area contributed by atoms with E-state index in [-0.39, 0.29) is 17.2 Å². The van der Waals surface area contributed by atoms with Crippen LogP contribution in [0.5, 0.6) is 17.2 Å².